The lowest BCUT2D eigenvalue weighted by Crippen LogP contribution is -2.37. The molecule has 0 radical (unpaired) electrons. The molecule has 0 saturated carbocycles. The number of anilines is 1. The van der Waals surface area contributed by atoms with Gasteiger partial charge in [-0.1, -0.05) is 13.8 Å². The zero-order chi connectivity index (χ0) is 12.4. The zero-order valence-electron chi connectivity index (χ0n) is 10.2. The van der Waals surface area contributed by atoms with Crippen molar-refractivity contribution in [3.05, 3.63) is 26.2 Å². The SMILES string of the molecule is CC(C)NC1CCN(c2ccc(Br)c(I)c2)C1. The molecule has 94 valence electrons. The van der Waals surface area contributed by atoms with Gasteiger partial charge in [0, 0.05) is 38.9 Å². The number of nitrogens with zero attached hydrogens (tertiary/aromatic N) is 1. The highest BCUT2D eigenvalue weighted by molar-refractivity contribution is 14.1. The van der Waals surface area contributed by atoms with Crippen LogP contribution in [0.25, 0.3) is 0 Å². The van der Waals surface area contributed by atoms with E-state index in [4.69, 9.17) is 0 Å². The molecule has 2 nitrogen and oxygen atoms in total. The summed E-state index contributed by atoms with van der Waals surface area (Å²) in [6.07, 6.45) is 1.24. The second-order valence-corrected chi connectivity index (χ2v) is 6.87. The Hall–Kier alpha value is 0.190. The fourth-order valence-electron chi connectivity index (χ4n) is 2.28. The van der Waals surface area contributed by atoms with E-state index in [1.807, 2.05) is 0 Å². The van der Waals surface area contributed by atoms with Gasteiger partial charge in [0.15, 0.2) is 0 Å². The van der Waals surface area contributed by atoms with Gasteiger partial charge < -0.3 is 10.2 Å². The molecule has 1 aromatic carbocycles. The van der Waals surface area contributed by atoms with E-state index < -0.39 is 0 Å². The van der Waals surface area contributed by atoms with Gasteiger partial charge in [-0.2, -0.15) is 0 Å². The van der Waals surface area contributed by atoms with Crippen molar-refractivity contribution in [1.82, 2.24) is 5.32 Å². The summed E-state index contributed by atoms with van der Waals surface area (Å²) in [4.78, 5) is 2.47. The summed E-state index contributed by atoms with van der Waals surface area (Å²) in [6, 6.07) is 7.80. The van der Waals surface area contributed by atoms with E-state index in [-0.39, 0.29) is 0 Å². The summed E-state index contributed by atoms with van der Waals surface area (Å²) in [6.45, 7) is 6.70. The van der Waals surface area contributed by atoms with Crippen LogP contribution in [0.15, 0.2) is 22.7 Å². The summed E-state index contributed by atoms with van der Waals surface area (Å²) in [5.74, 6) is 0. The Morgan fingerprint density at radius 1 is 1.47 bits per heavy atom. The molecule has 4 heteroatoms. The van der Waals surface area contributed by atoms with Crippen molar-refractivity contribution in [2.45, 2.75) is 32.4 Å². The molecule has 1 fully saturated rings. The number of hydrogen-bond acceptors (Lipinski definition) is 2. The Kier molecular flexibility index (Phi) is 4.72. The molecule has 0 spiro atoms. The Morgan fingerprint density at radius 2 is 2.24 bits per heavy atom. The van der Waals surface area contributed by atoms with Gasteiger partial charge in [-0.15, -0.1) is 0 Å². The Balaban J connectivity index is 2.02. The monoisotopic (exact) mass is 408 g/mol. The van der Waals surface area contributed by atoms with Crippen molar-refractivity contribution >= 4 is 44.2 Å². The first-order valence-corrected chi connectivity index (χ1v) is 7.89. The number of rotatable bonds is 3. The van der Waals surface area contributed by atoms with Crippen LogP contribution < -0.4 is 10.2 Å². The maximum absolute atomic E-state index is 3.61. The second-order valence-electron chi connectivity index (χ2n) is 4.85. The summed E-state index contributed by atoms with van der Waals surface area (Å²) >= 11 is 5.92. The number of hydrogen-bond donors (Lipinski definition) is 1. The van der Waals surface area contributed by atoms with Crippen LogP contribution in [-0.4, -0.2) is 25.2 Å². The van der Waals surface area contributed by atoms with Crippen molar-refractivity contribution in [3.63, 3.8) is 0 Å². The highest BCUT2D eigenvalue weighted by Crippen LogP contribution is 2.27. The molecule has 0 amide bonds. The quantitative estimate of drug-likeness (QED) is 0.768. The van der Waals surface area contributed by atoms with Gasteiger partial charge in [0.05, 0.1) is 0 Å². The van der Waals surface area contributed by atoms with Gasteiger partial charge in [0.2, 0.25) is 0 Å². The molecule has 1 unspecified atom stereocenters. The highest BCUT2D eigenvalue weighted by Gasteiger charge is 2.23. The normalized spacial score (nSPS) is 20.3. The average Bonchev–Trinajstić information content (AvgIpc) is 2.69. The fourth-order valence-corrected chi connectivity index (χ4v) is 3.03. The Bertz CT molecular complexity index is 395. The fraction of sp³-hybridized carbons (Fsp3) is 0.538. The van der Waals surface area contributed by atoms with E-state index >= 15 is 0 Å². The third kappa shape index (κ3) is 3.58. The van der Waals surface area contributed by atoms with Gasteiger partial charge >= 0.3 is 0 Å². The van der Waals surface area contributed by atoms with E-state index in [1.54, 1.807) is 0 Å². The molecule has 0 aliphatic carbocycles. The minimum absolute atomic E-state index is 0.574. The van der Waals surface area contributed by atoms with Gasteiger partial charge in [0.25, 0.3) is 0 Å². The maximum atomic E-state index is 3.61. The molecular formula is C13H18BrIN2. The summed E-state index contributed by atoms with van der Waals surface area (Å²) in [7, 11) is 0. The van der Waals surface area contributed by atoms with E-state index in [0.29, 0.717) is 12.1 Å². The molecule has 1 heterocycles. The van der Waals surface area contributed by atoms with E-state index in [0.717, 1.165) is 13.1 Å². The van der Waals surface area contributed by atoms with E-state index in [1.165, 1.54) is 20.2 Å². The molecule has 1 atom stereocenters. The van der Waals surface area contributed by atoms with Crippen LogP contribution in [-0.2, 0) is 0 Å². The Labute approximate surface area is 125 Å². The van der Waals surface area contributed by atoms with E-state index in [2.05, 4.69) is 80.8 Å². The van der Waals surface area contributed by atoms with Crippen molar-refractivity contribution in [1.29, 1.82) is 0 Å². The van der Waals surface area contributed by atoms with Crippen LogP contribution in [0.3, 0.4) is 0 Å². The lowest BCUT2D eigenvalue weighted by molar-refractivity contribution is 0.492. The molecule has 17 heavy (non-hydrogen) atoms. The van der Waals surface area contributed by atoms with Crippen LogP contribution in [0.5, 0.6) is 0 Å². The smallest absolute Gasteiger partial charge is 0.0378 e. The number of halogens is 2. The zero-order valence-corrected chi connectivity index (χ0v) is 14.0. The number of nitrogens with one attached hydrogen (secondary N) is 1. The topological polar surface area (TPSA) is 15.3 Å². The predicted molar refractivity (Wildman–Crippen MR) is 85.7 cm³/mol. The average molecular weight is 409 g/mol. The summed E-state index contributed by atoms with van der Waals surface area (Å²) < 4.78 is 2.46. The van der Waals surface area contributed by atoms with Gasteiger partial charge in [-0.3, -0.25) is 0 Å². The third-order valence-corrected chi connectivity index (χ3v) is 5.35. The first-order chi connectivity index (χ1) is 8.06. The lowest BCUT2D eigenvalue weighted by Gasteiger charge is -2.20. The van der Waals surface area contributed by atoms with Crippen molar-refractivity contribution in [2.24, 2.45) is 0 Å². The second kappa shape index (κ2) is 5.89. The third-order valence-electron chi connectivity index (χ3n) is 3.03. The van der Waals surface area contributed by atoms with Crippen LogP contribution >= 0.6 is 38.5 Å². The van der Waals surface area contributed by atoms with Crippen molar-refractivity contribution in [2.75, 3.05) is 18.0 Å². The number of benzene rings is 1. The van der Waals surface area contributed by atoms with E-state index in [9.17, 15) is 0 Å². The molecule has 1 aromatic rings. The van der Waals surface area contributed by atoms with Crippen LogP contribution in [0.1, 0.15) is 20.3 Å². The highest BCUT2D eigenvalue weighted by atomic mass is 127. The summed E-state index contributed by atoms with van der Waals surface area (Å²) in [5.41, 5.74) is 1.34. The minimum atomic E-state index is 0.574. The molecule has 0 bridgehead atoms. The molecule has 0 aromatic heterocycles. The molecule has 1 saturated heterocycles. The molecule has 1 aliphatic rings. The first kappa shape index (κ1) is 13.6. The first-order valence-electron chi connectivity index (χ1n) is 6.02. The molecular weight excluding hydrogens is 391 g/mol. The van der Waals surface area contributed by atoms with Crippen LogP contribution in [0, 0.1) is 3.57 Å². The van der Waals surface area contributed by atoms with Crippen molar-refractivity contribution in [3.8, 4) is 0 Å². The van der Waals surface area contributed by atoms with Gasteiger partial charge in [-0.05, 0) is 63.1 Å². The van der Waals surface area contributed by atoms with Gasteiger partial charge in [0.1, 0.15) is 0 Å². The molecule has 2 rings (SSSR count). The predicted octanol–water partition coefficient (Wildman–Crippen LogP) is 3.63. The lowest BCUT2D eigenvalue weighted by atomic mass is 10.2. The van der Waals surface area contributed by atoms with Crippen molar-refractivity contribution < 1.29 is 0 Å². The Morgan fingerprint density at radius 3 is 2.88 bits per heavy atom. The minimum Gasteiger partial charge on any atom is -0.370 e. The maximum Gasteiger partial charge on any atom is 0.0378 e. The molecule has 1 N–H and O–H groups in total. The summed E-state index contributed by atoms with van der Waals surface area (Å²) in [5, 5.41) is 3.61. The van der Waals surface area contributed by atoms with Crippen LogP contribution in [0.4, 0.5) is 5.69 Å². The molecule has 1 aliphatic heterocycles. The largest absolute Gasteiger partial charge is 0.370 e. The van der Waals surface area contributed by atoms with Gasteiger partial charge in [-0.25, -0.2) is 0 Å². The van der Waals surface area contributed by atoms with Crippen LogP contribution in [0.2, 0.25) is 0 Å². The standard InChI is InChI=1S/C13H18BrIN2/c1-9(2)16-10-5-6-17(8-10)11-3-4-12(14)13(15)7-11/h3-4,7,9-10,16H,5-6,8H2,1-2H3.